The van der Waals surface area contributed by atoms with Crippen molar-refractivity contribution in [3.63, 3.8) is 0 Å². The highest BCUT2D eigenvalue weighted by atomic mass is 16.3. The number of hydrogen-bond donors (Lipinski definition) is 2. The first-order valence-corrected chi connectivity index (χ1v) is 7.72. The van der Waals surface area contributed by atoms with Crippen molar-refractivity contribution in [2.75, 3.05) is 0 Å². The summed E-state index contributed by atoms with van der Waals surface area (Å²) in [6.45, 7) is 8.84. The number of nitrogens with one attached hydrogen (secondary N) is 1. The molecule has 1 unspecified atom stereocenters. The largest absolute Gasteiger partial charge is 0.461 e. The number of carbonyl (C=O) groups is 1. The van der Waals surface area contributed by atoms with Crippen molar-refractivity contribution in [1.82, 2.24) is 10.3 Å². The third kappa shape index (κ3) is 4.41. The Labute approximate surface area is 146 Å². The van der Waals surface area contributed by atoms with Crippen molar-refractivity contribution in [2.45, 2.75) is 26.8 Å². The lowest BCUT2D eigenvalue weighted by molar-refractivity contribution is -0.118. The number of amidine groups is 1. The Morgan fingerprint density at radius 2 is 2.16 bits per heavy atom. The Hall–Kier alpha value is -3.22. The molecule has 2 aromatic rings. The number of furan rings is 1. The van der Waals surface area contributed by atoms with E-state index in [1.54, 1.807) is 25.3 Å². The van der Waals surface area contributed by atoms with Crippen molar-refractivity contribution < 1.29 is 9.21 Å². The van der Waals surface area contributed by atoms with Crippen molar-refractivity contribution >= 4 is 18.5 Å². The molecule has 0 aliphatic rings. The predicted molar refractivity (Wildman–Crippen MR) is 97.2 cm³/mol. The highest BCUT2D eigenvalue weighted by molar-refractivity contribution is 6.00. The van der Waals surface area contributed by atoms with Crippen LogP contribution in [0, 0.1) is 6.92 Å². The molecule has 1 atom stereocenters. The highest BCUT2D eigenvalue weighted by Gasteiger charge is 2.16. The molecule has 0 spiro atoms. The number of nitrogens with zero attached hydrogens (tertiary/aromatic N) is 3. The molecule has 2 heterocycles. The number of carbonyl (C=O) groups excluding carboxylic acids is 1. The molecule has 0 aliphatic heterocycles. The van der Waals surface area contributed by atoms with E-state index in [1.165, 1.54) is 6.26 Å². The highest BCUT2D eigenvalue weighted by Crippen LogP contribution is 2.15. The summed E-state index contributed by atoms with van der Waals surface area (Å²) in [5.74, 6) is 0.342. The van der Waals surface area contributed by atoms with Crippen molar-refractivity contribution in [3.05, 3.63) is 65.1 Å². The molecule has 2 rings (SSSR count). The van der Waals surface area contributed by atoms with Gasteiger partial charge in [0.1, 0.15) is 5.82 Å². The summed E-state index contributed by atoms with van der Waals surface area (Å²) in [6, 6.07) is 6.91. The minimum absolute atomic E-state index is 0.0428. The van der Waals surface area contributed by atoms with Crippen molar-refractivity contribution in [2.24, 2.45) is 15.7 Å². The molecule has 7 heteroatoms. The summed E-state index contributed by atoms with van der Waals surface area (Å²) in [6.07, 6.45) is 3.18. The zero-order chi connectivity index (χ0) is 18.4. The second-order valence-corrected chi connectivity index (χ2v) is 5.48. The van der Waals surface area contributed by atoms with Gasteiger partial charge in [0.05, 0.1) is 23.6 Å². The van der Waals surface area contributed by atoms with Gasteiger partial charge in [-0.05, 0) is 51.3 Å². The maximum absolute atomic E-state index is 12.4. The lowest BCUT2D eigenvalue weighted by atomic mass is 10.1. The van der Waals surface area contributed by atoms with E-state index >= 15 is 0 Å². The number of amides is 1. The summed E-state index contributed by atoms with van der Waals surface area (Å²) in [5.41, 5.74) is 8.00. The summed E-state index contributed by atoms with van der Waals surface area (Å²) in [7, 11) is 0. The van der Waals surface area contributed by atoms with Gasteiger partial charge in [0, 0.05) is 6.20 Å². The van der Waals surface area contributed by atoms with E-state index in [9.17, 15) is 4.79 Å². The van der Waals surface area contributed by atoms with Crippen molar-refractivity contribution in [3.8, 4) is 0 Å². The molecule has 0 aromatic carbocycles. The van der Waals surface area contributed by atoms with Gasteiger partial charge in [-0.25, -0.2) is 9.98 Å². The van der Waals surface area contributed by atoms with E-state index in [4.69, 9.17) is 10.2 Å². The second-order valence-electron chi connectivity index (χ2n) is 5.48. The summed E-state index contributed by atoms with van der Waals surface area (Å²) >= 11 is 0. The van der Waals surface area contributed by atoms with Gasteiger partial charge in [0.15, 0.2) is 11.6 Å². The third-order valence-corrected chi connectivity index (χ3v) is 3.65. The topological polar surface area (TPSA) is 106 Å². The number of aliphatic imine (C=N–C) groups is 2. The van der Waals surface area contributed by atoms with Gasteiger partial charge in [0.25, 0.3) is 5.91 Å². The lowest BCUT2D eigenvalue weighted by Gasteiger charge is -2.16. The molecule has 0 saturated heterocycles. The Morgan fingerprint density at radius 1 is 1.40 bits per heavy atom. The molecule has 3 N–H and O–H groups in total. The maximum Gasteiger partial charge on any atom is 0.251 e. The van der Waals surface area contributed by atoms with Crippen LogP contribution in [0.3, 0.4) is 0 Å². The monoisotopic (exact) mass is 339 g/mol. The second kappa shape index (κ2) is 8.05. The maximum atomic E-state index is 12.4. The van der Waals surface area contributed by atoms with Crippen LogP contribution in [0.4, 0.5) is 0 Å². The molecule has 1 amide bonds. The number of pyridine rings is 1. The summed E-state index contributed by atoms with van der Waals surface area (Å²) < 4.78 is 5.21. The molecule has 0 aliphatic carbocycles. The third-order valence-electron chi connectivity index (χ3n) is 3.65. The molecule has 7 nitrogen and oxygen atoms in total. The van der Waals surface area contributed by atoms with Crippen LogP contribution in [0.1, 0.15) is 36.9 Å². The Morgan fingerprint density at radius 3 is 2.76 bits per heavy atom. The smallest absolute Gasteiger partial charge is 0.251 e. The molecule has 0 bridgehead atoms. The van der Waals surface area contributed by atoms with Gasteiger partial charge in [0.2, 0.25) is 0 Å². The number of nitrogens with two attached hydrogens (primary N) is 1. The summed E-state index contributed by atoms with van der Waals surface area (Å²) in [4.78, 5) is 24.6. The fraction of sp³-hybridized carbons (Fsp3) is 0.222. The predicted octanol–water partition coefficient (Wildman–Crippen LogP) is 2.50. The molecule has 0 saturated carbocycles. The number of hydrogen-bond acceptors (Lipinski definition) is 5. The zero-order valence-electron chi connectivity index (χ0n) is 14.5. The van der Waals surface area contributed by atoms with Crippen LogP contribution in [-0.2, 0) is 4.79 Å². The van der Waals surface area contributed by atoms with Gasteiger partial charge in [-0.2, -0.15) is 0 Å². The van der Waals surface area contributed by atoms with Crippen LogP contribution >= 0.6 is 0 Å². The molecule has 2 aromatic heterocycles. The Kier molecular flexibility index (Phi) is 5.84. The van der Waals surface area contributed by atoms with E-state index in [1.807, 2.05) is 26.0 Å². The number of aryl methyl sites for hydroxylation is 1. The standard InChI is InChI=1S/C18H21N5O2/c1-11-7-5-9-21-15(11)13(3)22-18(24)12(2)16(19)23-17(20-4)14-8-6-10-25-14/h5-10,13H,4,19H2,1-3H3,(H,22,24)/b16-12+,23-17?. The van der Waals surface area contributed by atoms with Crippen LogP contribution in [0.2, 0.25) is 0 Å². The molecule has 130 valence electrons. The zero-order valence-corrected chi connectivity index (χ0v) is 14.5. The minimum atomic E-state index is -0.332. The van der Waals surface area contributed by atoms with Gasteiger partial charge in [-0.1, -0.05) is 6.07 Å². The first kappa shape index (κ1) is 18.1. The first-order chi connectivity index (χ1) is 11.9. The van der Waals surface area contributed by atoms with Crippen molar-refractivity contribution in [1.29, 1.82) is 0 Å². The van der Waals surface area contributed by atoms with E-state index in [0.717, 1.165) is 11.3 Å². The SMILES string of the molecule is C=NC(=N/C(N)=C(\C)C(=O)NC(C)c1ncccc1C)c1ccco1. The number of aromatic nitrogens is 1. The Balaban J connectivity index is 2.18. The first-order valence-electron chi connectivity index (χ1n) is 7.72. The molecule has 25 heavy (non-hydrogen) atoms. The quantitative estimate of drug-likeness (QED) is 0.496. The van der Waals surface area contributed by atoms with Gasteiger partial charge in [-0.15, -0.1) is 0 Å². The van der Waals surface area contributed by atoms with E-state index in [0.29, 0.717) is 5.76 Å². The van der Waals surface area contributed by atoms with Crippen LogP contribution in [0.5, 0.6) is 0 Å². The van der Waals surface area contributed by atoms with E-state index < -0.39 is 0 Å². The number of rotatable bonds is 5. The summed E-state index contributed by atoms with van der Waals surface area (Å²) in [5, 5.41) is 2.87. The molecule has 0 fully saturated rings. The van der Waals surface area contributed by atoms with E-state index in [-0.39, 0.29) is 29.2 Å². The average molecular weight is 339 g/mol. The average Bonchev–Trinajstić information content (AvgIpc) is 3.13. The molecular weight excluding hydrogens is 318 g/mol. The van der Waals surface area contributed by atoms with Gasteiger partial charge < -0.3 is 15.5 Å². The van der Waals surface area contributed by atoms with Crippen LogP contribution in [0.25, 0.3) is 0 Å². The van der Waals surface area contributed by atoms with Crippen LogP contribution < -0.4 is 11.1 Å². The van der Waals surface area contributed by atoms with Crippen LogP contribution in [-0.4, -0.2) is 23.4 Å². The Bertz CT molecular complexity index is 822. The fourth-order valence-electron chi connectivity index (χ4n) is 2.21. The van der Waals surface area contributed by atoms with Gasteiger partial charge >= 0.3 is 0 Å². The lowest BCUT2D eigenvalue weighted by Crippen LogP contribution is -2.29. The molecule has 0 radical (unpaired) electrons. The normalized spacial score (nSPS) is 13.8. The van der Waals surface area contributed by atoms with Gasteiger partial charge in [-0.3, -0.25) is 9.78 Å². The van der Waals surface area contributed by atoms with Crippen LogP contribution in [0.15, 0.2) is 62.5 Å². The fourth-order valence-corrected chi connectivity index (χ4v) is 2.21. The van der Waals surface area contributed by atoms with E-state index in [2.05, 4.69) is 27.0 Å². The minimum Gasteiger partial charge on any atom is -0.461 e. The molecular formula is C18H21N5O2.